The largest absolute Gasteiger partial charge is 0.465 e. The van der Waals surface area contributed by atoms with E-state index < -0.39 is 35.3 Å². The Morgan fingerprint density at radius 2 is 1.70 bits per heavy atom. The quantitative estimate of drug-likeness (QED) is 0.313. The molecule has 2 amide bonds. The second-order valence-corrected chi connectivity index (χ2v) is 9.28. The van der Waals surface area contributed by atoms with Crippen molar-refractivity contribution in [2.45, 2.75) is 52.7 Å². The minimum atomic E-state index is -0.856. The van der Waals surface area contributed by atoms with E-state index in [9.17, 15) is 14.4 Å². The van der Waals surface area contributed by atoms with E-state index in [1.807, 2.05) is 0 Å². The Bertz CT molecular complexity index is 817. The molecule has 0 aliphatic heterocycles. The third kappa shape index (κ3) is 9.08. The number of methoxy groups -OCH3 is 1. The maximum Gasteiger partial charge on any atom is 0.417 e. The lowest BCUT2D eigenvalue weighted by Gasteiger charge is -2.27. The van der Waals surface area contributed by atoms with Crippen LogP contribution in [0.15, 0.2) is 18.2 Å². The van der Waals surface area contributed by atoms with Crippen LogP contribution in [-0.2, 0) is 14.2 Å². The molecule has 0 radical (unpaired) electrons. The van der Waals surface area contributed by atoms with Crippen LogP contribution in [0.5, 0.6) is 0 Å². The van der Waals surface area contributed by atoms with Crippen LogP contribution in [0.1, 0.15) is 56.1 Å². The average molecular weight is 440 g/mol. The van der Waals surface area contributed by atoms with Gasteiger partial charge >= 0.3 is 18.2 Å². The minimum Gasteiger partial charge on any atom is -0.465 e. The van der Waals surface area contributed by atoms with E-state index >= 15 is 0 Å². The zero-order valence-electron chi connectivity index (χ0n) is 18.3. The molecule has 0 bridgehead atoms. The Hall–Kier alpha value is -2.88. The van der Waals surface area contributed by atoms with Crippen LogP contribution < -0.4 is 5.32 Å². The van der Waals surface area contributed by atoms with Crippen molar-refractivity contribution in [3.63, 3.8) is 0 Å². The number of carbonyl (C=O) groups excluding carboxylic acids is 3. The fourth-order valence-electron chi connectivity index (χ4n) is 1.97. The van der Waals surface area contributed by atoms with Gasteiger partial charge in [-0.3, -0.25) is 10.7 Å². The molecule has 30 heavy (non-hydrogen) atoms. The van der Waals surface area contributed by atoms with Gasteiger partial charge in [0.1, 0.15) is 16.1 Å². The van der Waals surface area contributed by atoms with Crippen molar-refractivity contribution in [3.8, 4) is 0 Å². The molecule has 0 atom stereocenters. The molecule has 1 heterocycles. The van der Waals surface area contributed by atoms with Crippen LogP contribution in [0, 0.1) is 5.41 Å². The number of amides is 2. The maximum absolute atomic E-state index is 12.5. The van der Waals surface area contributed by atoms with Crippen LogP contribution in [0.4, 0.5) is 9.59 Å². The summed E-state index contributed by atoms with van der Waals surface area (Å²) in [4.78, 5) is 38.2. The number of hydrogen-bond donors (Lipinski definition) is 2. The third-order valence-electron chi connectivity index (χ3n) is 3.09. The highest BCUT2D eigenvalue weighted by atomic mass is 32.1. The molecule has 0 aliphatic carbocycles. The number of nitrogens with zero attached hydrogens (tertiary/aromatic N) is 1. The summed E-state index contributed by atoms with van der Waals surface area (Å²) < 4.78 is 15.1. The number of hydrogen-bond acceptors (Lipinski definition) is 8. The third-order valence-corrected chi connectivity index (χ3v) is 4.12. The molecule has 0 unspecified atom stereocenters. The van der Waals surface area contributed by atoms with Crippen LogP contribution in [0.25, 0.3) is 6.08 Å². The number of alkyl carbamates (subject to hydrolysis) is 1. The molecule has 0 saturated heterocycles. The lowest BCUT2D eigenvalue weighted by atomic mass is 10.2. The minimum absolute atomic E-state index is 0.0466. The van der Waals surface area contributed by atoms with Gasteiger partial charge in [0.05, 0.1) is 13.7 Å². The molecule has 0 spiro atoms. The number of carbonyl (C=O) groups is 3. The van der Waals surface area contributed by atoms with Gasteiger partial charge in [-0.25, -0.2) is 19.3 Å². The number of nitrogens with one attached hydrogen (secondary N) is 2. The zero-order chi connectivity index (χ0) is 23.1. The average Bonchev–Trinajstić information content (AvgIpc) is 3.03. The topological polar surface area (TPSA) is 118 Å². The van der Waals surface area contributed by atoms with E-state index in [0.29, 0.717) is 4.88 Å². The van der Waals surface area contributed by atoms with Gasteiger partial charge in [0, 0.05) is 4.88 Å². The predicted molar refractivity (Wildman–Crippen MR) is 115 cm³/mol. The van der Waals surface area contributed by atoms with Gasteiger partial charge in [0.15, 0.2) is 0 Å². The van der Waals surface area contributed by atoms with Gasteiger partial charge in [-0.05, 0) is 59.8 Å². The first-order valence-electron chi connectivity index (χ1n) is 9.15. The molecular weight excluding hydrogens is 410 g/mol. The molecule has 1 rings (SSSR count). The van der Waals surface area contributed by atoms with E-state index in [4.69, 9.17) is 14.9 Å². The SMILES string of the molecule is COC(=O)c1ccc(/C=C/CN(C(=N)NC(=O)OC(C)(C)C)C(=O)OC(C)(C)C)s1. The van der Waals surface area contributed by atoms with Crippen LogP contribution in [-0.4, -0.2) is 53.9 Å². The number of rotatable bonds is 4. The lowest BCUT2D eigenvalue weighted by Crippen LogP contribution is -2.49. The van der Waals surface area contributed by atoms with Crippen molar-refractivity contribution < 1.29 is 28.6 Å². The number of esters is 1. The number of ether oxygens (including phenoxy) is 3. The summed E-state index contributed by atoms with van der Waals surface area (Å²) in [6.45, 7) is 10.1. The fourth-order valence-corrected chi connectivity index (χ4v) is 2.83. The second kappa shape index (κ2) is 10.2. The molecule has 10 heteroatoms. The first-order valence-corrected chi connectivity index (χ1v) is 9.97. The molecule has 166 valence electrons. The van der Waals surface area contributed by atoms with E-state index in [2.05, 4.69) is 10.1 Å². The van der Waals surface area contributed by atoms with Crippen molar-refractivity contribution >= 4 is 41.5 Å². The Kier molecular flexibility index (Phi) is 8.59. The Morgan fingerprint density at radius 3 is 2.23 bits per heavy atom. The molecule has 9 nitrogen and oxygen atoms in total. The molecule has 1 aromatic rings. The van der Waals surface area contributed by atoms with E-state index in [-0.39, 0.29) is 6.54 Å². The first-order chi connectivity index (χ1) is 13.7. The molecule has 2 N–H and O–H groups in total. The lowest BCUT2D eigenvalue weighted by molar-refractivity contribution is 0.0371. The van der Waals surface area contributed by atoms with Gasteiger partial charge in [0.25, 0.3) is 0 Å². The Morgan fingerprint density at radius 1 is 1.10 bits per heavy atom. The molecule has 0 aromatic carbocycles. The summed E-state index contributed by atoms with van der Waals surface area (Å²) in [6, 6.07) is 3.36. The summed E-state index contributed by atoms with van der Waals surface area (Å²) in [5, 5.41) is 10.3. The molecule has 0 fully saturated rings. The molecule has 0 saturated carbocycles. The van der Waals surface area contributed by atoms with Crippen molar-refractivity contribution in [2.24, 2.45) is 0 Å². The zero-order valence-corrected chi connectivity index (χ0v) is 19.1. The van der Waals surface area contributed by atoms with Crippen molar-refractivity contribution in [1.29, 1.82) is 5.41 Å². The number of thiophene rings is 1. The Labute approximate surface area is 180 Å². The standard InChI is InChI=1S/C20H29N3O6S/c1-19(2,3)28-17(25)22-16(21)23(18(26)29-20(4,5)6)12-8-9-13-10-11-14(30-13)15(24)27-7/h8-11H,12H2,1-7H3,(H2,21,22,25)/b9-8+. The van der Waals surface area contributed by atoms with Crippen LogP contribution in [0.3, 0.4) is 0 Å². The Balaban J connectivity index is 2.91. The van der Waals surface area contributed by atoms with Gasteiger partial charge in [0.2, 0.25) is 5.96 Å². The van der Waals surface area contributed by atoms with Crippen LogP contribution >= 0.6 is 11.3 Å². The summed E-state index contributed by atoms with van der Waals surface area (Å²) in [6.07, 6.45) is 1.65. The highest BCUT2D eigenvalue weighted by molar-refractivity contribution is 7.14. The van der Waals surface area contributed by atoms with Gasteiger partial charge in [-0.1, -0.05) is 6.08 Å². The predicted octanol–water partition coefficient (Wildman–Crippen LogP) is 4.24. The van der Waals surface area contributed by atoms with Crippen LogP contribution in [0.2, 0.25) is 0 Å². The van der Waals surface area contributed by atoms with Crippen molar-refractivity contribution in [3.05, 3.63) is 28.0 Å². The van der Waals surface area contributed by atoms with E-state index in [1.165, 1.54) is 18.4 Å². The van der Waals surface area contributed by atoms with Gasteiger partial charge < -0.3 is 14.2 Å². The van der Waals surface area contributed by atoms with Crippen molar-refractivity contribution in [1.82, 2.24) is 10.2 Å². The molecule has 0 aliphatic rings. The summed E-state index contributed by atoms with van der Waals surface area (Å²) in [7, 11) is 1.31. The monoisotopic (exact) mass is 439 g/mol. The van der Waals surface area contributed by atoms with E-state index in [1.54, 1.807) is 65.8 Å². The molecule has 1 aromatic heterocycles. The highest BCUT2D eigenvalue weighted by Crippen LogP contribution is 2.19. The summed E-state index contributed by atoms with van der Waals surface area (Å²) in [5.41, 5.74) is -1.54. The van der Waals surface area contributed by atoms with Gasteiger partial charge in [-0.2, -0.15) is 0 Å². The summed E-state index contributed by atoms with van der Waals surface area (Å²) >= 11 is 1.22. The van der Waals surface area contributed by atoms with Gasteiger partial charge in [-0.15, -0.1) is 11.3 Å². The fraction of sp³-hybridized carbons (Fsp3) is 0.500. The first kappa shape index (κ1) is 25.2. The smallest absolute Gasteiger partial charge is 0.417 e. The van der Waals surface area contributed by atoms with Crippen molar-refractivity contribution in [2.75, 3.05) is 13.7 Å². The molecular formula is C20H29N3O6S. The maximum atomic E-state index is 12.5. The second-order valence-electron chi connectivity index (χ2n) is 8.16. The van der Waals surface area contributed by atoms with E-state index in [0.717, 1.165) is 9.78 Å². The highest BCUT2D eigenvalue weighted by Gasteiger charge is 2.26. The normalized spacial score (nSPS) is 11.7. The summed E-state index contributed by atoms with van der Waals surface area (Å²) in [5.74, 6) is -0.914. The number of guanidine groups is 1.